The molecule has 5 heteroatoms. The van der Waals surface area contributed by atoms with E-state index < -0.39 is 11.9 Å². The van der Waals surface area contributed by atoms with Crippen LogP contribution in [0.25, 0.3) is 0 Å². The van der Waals surface area contributed by atoms with Crippen molar-refractivity contribution in [3.05, 3.63) is 21.9 Å². The minimum atomic E-state index is -0.837. The van der Waals surface area contributed by atoms with E-state index >= 15 is 0 Å². The lowest BCUT2D eigenvalue weighted by Crippen LogP contribution is -2.43. The van der Waals surface area contributed by atoms with Crippen molar-refractivity contribution in [2.75, 3.05) is 0 Å². The van der Waals surface area contributed by atoms with Crippen LogP contribution in [0.5, 0.6) is 0 Å². The van der Waals surface area contributed by atoms with Gasteiger partial charge in [-0.25, -0.2) is 0 Å². The molecular formula is C16H23NO3S. The molecule has 0 saturated heterocycles. The lowest BCUT2D eigenvalue weighted by atomic mass is 9.78. The standard InChI is InChI=1S/C16H23NO3S/c1-10(9-12-8-7-11(2)21-12)17-15(18)13-5-3-4-6-14(13)16(19)20/h7-8,10,13-14H,3-6,9H2,1-2H3,(H,17,18)(H,19,20). The van der Waals surface area contributed by atoms with E-state index in [2.05, 4.69) is 24.4 Å². The number of nitrogens with one attached hydrogen (secondary N) is 1. The third kappa shape index (κ3) is 4.30. The summed E-state index contributed by atoms with van der Waals surface area (Å²) < 4.78 is 0. The lowest BCUT2D eigenvalue weighted by Gasteiger charge is -2.28. The van der Waals surface area contributed by atoms with Crippen LogP contribution < -0.4 is 5.32 Å². The molecule has 2 rings (SSSR count). The fourth-order valence-electron chi connectivity index (χ4n) is 3.04. The second kappa shape index (κ2) is 7.07. The number of rotatable bonds is 5. The van der Waals surface area contributed by atoms with Crippen LogP contribution in [0.4, 0.5) is 0 Å². The molecule has 0 spiro atoms. The van der Waals surface area contributed by atoms with Crippen LogP contribution in [0.1, 0.15) is 42.4 Å². The van der Waals surface area contributed by atoms with E-state index in [4.69, 9.17) is 0 Å². The third-order valence-corrected chi connectivity index (χ3v) is 5.13. The maximum Gasteiger partial charge on any atom is 0.307 e. The first-order chi connectivity index (χ1) is 9.97. The Labute approximate surface area is 129 Å². The van der Waals surface area contributed by atoms with Gasteiger partial charge in [-0.1, -0.05) is 12.8 Å². The monoisotopic (exact) mass is 309 g/mol. The highest BCUT2D eigenvalue weighted by Crippen LogP contribution is 2.30. The SMILES string of the molecule is Cc1ccc(CC(C)NC(=O)C2CCCCC2C(=O)O)s1. The van der Waals surface area contributed by atoms with Gasteiger partial charge in [0.25, 0.3) is 0 Å². The van der Waals surface area contributed by atoms with Gasteiger partial charge < -0.3 is 10.4 Å². The summed E-state index contributed by atoms with van der Waals surface area (Å²) in [7, 11) is 0. The highest BCUT2D eigenvalue weighted by molar-refractivity contribution is 7.11. The van der Waals surface area contributed by atoms with Crippen LogP contribution in [-0.4, -0.2) is 23.0 Å². The number of carbonyl (C=O) groups excluding carboxylic acids is 1. The van der Waals surface area contributed by atoms with Crippen molar-refractivity contribution in [2.45, 2.75) is 52.0 Å². The molecule has 3 atom stereocenters. The minimum absolute atomic E-state index is 0.0342. The van der Waals surface area contributed by atoms with Crippen LogP contribution in [0.3, 0.4) is 0 Å². The van der Waals surface area contributed by atoms with Gasteiger partial charge in [-0.3, -0.25) is 9.59 Å². The number of thiophene rings is 1. The van der Waals surface area contributed by atoms with Gasteiger partial charge >= 0.3 is 5.97 Å². The largest absolute Gasteiger partial charge is 0.481 e. The van der Waals surface area contributed by atoms with E-state index in [1.807, 2.05) is 6.92 Å². The summed E-state index contributed by atoms with van der Waals surface area (Å²) in [5, 5.41) is 12.2. The van der Waals surface area contributed by atoms with Crippen molar-refractivity contribution < 1.29 is 14.7 Å². The van der Waals surface area contributed by atoms with Crippen LogP contribution in [0.15, 0.2) is 12.1 Å². The normalized spacial score (nSPS) is 23.5. The molecule has 0 radical (unpaired) electrons. The fourth-order valence-corrected chi connectivity index (χ4v) is 4.06. The van der Waals surface area contributed by atoms with Gasteiger partial charge in [-0.15, -0.1) is 11.3 Å². The summed E-state index contributed by atoms with van der Waals surface area (Å²) in [6, 6.07) is 4.20. The van der Waals surface area contributed by atoms with Crippen LogP contribution in [-0.2, 0) is 16.0 Å². The third-order valence-electron chi connectivity index (χ3n) is 4.11. The van der Waals surface area contributed by atoms with Crippen molar-refractivity contribution in [3.8, 4) is 0 Å². The van der Waals surface area contributed by atoms with E-state index in [1.54, 1.807) is 11.3 Å². The Morgan fingerprint density at radius 2 is 2.00 bits per heavy atom. The van der Waals surface area contributed by atoms with Gasteiger partial charge in [0.2, 0.25) is 5.91 Å². The number of hydrogen-bond donors (Lipinski definition) is 2. The van der Waals surface area contributed by atoms with Gasteiger partial charge in [0.15, 0.2) is 0 Å². The Kier molecular flexibility index (Phi) is 5.39. The molecule has 0 bridgehead atoms. The minimum Gasteiger partial charge on any atom is -0.481 e. The lowest BCUT2D eigenvalue weighted by molar-refractivity contribution is -0.149. The number of aliphatic carboxylic acids is 1. The molecular weight excluding hydrogens is 286 g/mol. The molecule has 2 N–H and O–H groups in total. The molecule has 0 aliphatic heterocycles. The topological polar surface area (TPSA) is 66.4 Å². The van der Waals surface area contributed by atoms with Crippen molar-refractivity contribution in [1.82, 2.24) is 5.32 Å². The number of carbonyl (C=O) groups is 2. The van der Waals surface area contributed by atoms with E-state index in [0.29, 0.717) is 12.8 Å². The van der Waals surface area contributed by atoms with E-state index in [9.17, 15) is 14.7 Å². The van der Waals surface area contributed by atoms with E-state index in [1.165, 1.54) is 9.75 Å². The summed E-state index contributed by atoms with van der Waals surface area (Å²) in [4.78, 5) is 26.1. The molecule has 1 aliphatic carbocycles. The fraction of sp³-hybridized carbons (Fsp3) is 0.625. The zero-order chi connectivity index (χ0) is 15.4. The maximum absolute atomic E-state index is 12.3. The Balaban J connectivity index is 1.91. The molecule has 0 aromatic carbocycles. The zero-order valence-electron chi connectivity index (χ0n) is 12.6. The zero-order valence-corrected chi connectivity index (χ0v) is 13.4. The maximum atomic E-state index is 12.3. The van der Waals surface area contributed by atoms with E-state index in [-0.39, 0.29) is 17.9 Å². The number of amides is 1. The van der Waals surface area contributed by atoms with E-state index in [0.717, 1.165) is 19.3 Å². The van der Waals surface area contributed by atoms with Gasteiger partial charge in [-0.2, -0.15) is 0 Å². The number of carboxylic acids is 1. The first-order valence-electron chi connectivity index (χ1n) is 7.56. The first-order valence-corrected chi connectivity index (χ1v) is 8.37. The average Bonchev–Trinajstić information content (AvgIpc) is 2.83. The van der Waals surface area contributed by atoms with Crippen LogP contribution in [0, 0.1) is 18.8 Å². The molecule has 1 aromatic rings. The highest BCUT2D eigenvalue weighted by atomic mass is 32.1. The molecule has 3 unspecified atom stereocenters. The summed E-state index contributed by atoms with van der Waals surface area (Å²) >= 11 is 1.74. The molecule has 1 heterocycles. The smallest absolute Gasteiger partial charge is 0.307 e. The molecule has 1 aromatic heterocycles. The first kappa shape index (κ1) is 16.0. The Morgan fingerprint density at radius 1 is 1.33 bits per heavy atom. The Bertz CT molecular complexity index is 511. The van der Waals surface area contributed by atoms with Crippen molar-refractivity contribution in [3.63, 3.8) is 0 Å². The van der Waals surface area contributed by atoms with Crippen molar-refractivity contribution >= 4 is 23.2 Å². The Morgan fingerprint density at radius 3 is 2.57 bits per heavy atom. The number of carboxylic acid groups (broad SMARTS) is 1. The Hall–Kier alpha value is -1.36. The van der Waals surface area contributed by atoms with Crippen molar-refractivity contribution in [1.29, 1.82) is 0 Å². The van der Waals surface area contributed by atoms with Gasteiger partial charge in [0.05, 0.1) is 11.8 Å². The summed E-state index contributed by atoms with van der Waals surface area (Å²) in [6.07, 6.45) is 3.96. The predicted octanol–water partition coefficient (Wildman–Crippen LogP) is 2.99. The molecule has 116 valence electrons. The molecule has 1 aliphatic rings. The second-order valence-corrected chi connectivity index (χ2v) is 7.33. The van der Waals surface area contributed by atoms with Crippen LogP contribution in [0.2, 0.25) is 0 Å². The summed E-state index contributed by atoms with van der Waals surface area (Å²) in [5.74, 6) is -1.82. The van der Waals surface area contributed by atoms with Crippen molar-refractivity contribution in [2.24, 2.45) is 11.8 Å². The van der Waals surface area contributed by atoms with Gasteiger partial charge in [-0.05, 0) is 38.8 Å². The average molecular weight is 309 g/mol. The predicted molar refractivity (Wildman–Crippen MR) is 83.4 cm³/mol. The van der Waals surface area contributed by atoms with Gasteiger partial charge in [0, 0.05) is 22.2 Å². The second-order valence-electron chi connectivity index (χ2n) is 5.96. The molecule has 4 nitrogen and oxygen atoms in total. The molecule has 1 fully saturated rings. The summed E-state index contributed by atoms with van der Waals surface area (Å²) in [5.41, 5.74) is 0. The quantitative estimate of drug-likeness (QED) is 0.878. The molecule has 1 amide bonds. The molecule has 21 heavy (non-hydrogen) atoms. The number of hydrogen-bond acceptors (Lipinski definition) is 3. The summed E-state index contributed by atoms with van der Waals surface area (Å²) in [6.45, 7) is 4.04. The number of aryl methyl sites for hydroxylation is 1. The highest BCUT2D eigenvalue weighted by Gasteiger charge is 2.35. The molecule has 1 saturated carbocycles. The van der Waals surface area contributed by atoms with Gasteiger partial charge in [0.1, 0.15) is 0 Å². The van der Waals surface area contributed by atoms with Crippen LogP contribution >= 0.6 is 11.3 Å².